The zero-order valence-corrected chi connectivity index (χ0v) is 15.7. The number of rotatable bonds is 7. The summed E-state index contributed by atoms with van der Waals surface area (Å²) in [6.07, 6.45) is 5.26. The van der Waals surface area contributed by atoms with E-state index >= 15 is 0 Å². The van der Waals surface area contributed by atoms with E-state index in [9.17, 15) is 4.79 Å². The van der Waals surface area contributed by atoms with Crippen LogP contribution in [0.1, 0.15) is 30.9 Å². The molecule has 1 atom stereocenters. The SMILES string of the molecule is CC(C)C(CNC(=O)NCc1ccnc(-n2cccn2)c1)c1ccccc1. The van der Waals surface area contributed by atoms with Crippen molar-refractivity contribution in [1.82, 2.24) is 25.4 Å². The molecule has 27 heavy (non-hydrogen) atoms. The maximum Gasteiger partial charge on any atom is 0.315 e. The third-order valence-corrected chi connectivity index (χ3v) is 4.52. The lowest BCUT2D eigenvalue weighted by molar-refractivity contribution is 0.239. The van der Waals surface area contributed by atoms with Gasteiger partial charge in [-0.15, -0.1) is 0 Å². The number of hydrogen-bond donors (Lipinski definition) is 2. The van der Waals surface area contributed by atoms with Crippen LogP contribution in [0.3, 0.4) is 0 Å². The van der Waals surface area contributed by atoms with Crippen LogP contribution in [0.25, 0.3) is 5.82 Å². The lowest BCUT2D eigenvalue weighted by Gasteiger charge is -2.22. The summed E-state index contributed by atoms with van der Waals surface area (Å²) in [5, 5.41) is 10.1. The molecule has 0 saturated carbocycles. The zero-order valence-electron chi connectivity index (χ0n) is 15.7. The van der Waals surface area contributed by atoms with Crippen molar-refractivity contribution in [2.45, 2.75) is 26.3 Å². The predicted octanol–water partition coefficient (Wildman–Crippen LogP) is 3.51. The highest BCUT2D eigenvalue weighted by atomic mass is 16.2. The second-order valence-electron chi connectivity index (χ2n) is 6.80. The van der Waals surface area contributed by atoms with E-state index in [1.165, 1.54) is 5.56 Å². The van der Waals surface area contributed by atoms with Crippen molar-refractivity contribution in [2.75, 3.05) is 6.54 Å². The number of nitrogens with zero attached hydrogens (tertiary/aromatic N) is 3. The maximum atomic E-state index is 12.2. The molecule has 0 radical (unpaired) electrons. The fourth-order valence-corrected chi connectivity index (χ4v) is 2.99. The summed E-state index contributed by atoms with van der Waals surface area (Å²) in [4.78, 5) is 16.5. The molecule has 3 aromatic rings. The molecule has 0 saturated heterocycles. The van der Waals surface area contributed by atoms with Crippen molar-refractivity contribution >= 4 is 6.03 Å². The van der Waals surface area contributed by atoms with E-state index < -0.39 is 0 Å². The third-order valence-electron chi connectivity index (χ3n) is 4.52. The van der Waals surface area contributed by atoms with Gasteiger partial charge in [-0.1, -0.05) is 44.2 Å². The van der Waals surface area contributed by atoms with Crippen molar-refractivity contribution in [3.8, 4) is 5.82 Å². The molecule has 0 fully saturated rings. The highest BCUT2D eigenvalue weighted by Crippen LogP contribution is 2.23. The molecule has 1 unspecified atom stereocenters. The van der Waals surface area contributed by atoms with Crippen LogP contribution in [0.4, 0.5) is 4.79 Å². The van der Waals surface area contributed by atoms with Crippen LogP contribution in [-0.2, 0) is 6.54 Å². The first-order chi connectivity index (χ1) is 13.1. The van der Waals surface area contributed by atoms with Crippen LogP contribution >= 0.6 is 0 Å². The van der Waals surface area contributed by atoms with Gasteiger partial charge < -0.3 is 10.6 Å². The summed E-state index contributed by atoms with van der Waals surface area (Å²) in [6.45, 7) is 5.37. The molecule has 0 aliphatic rings. The van der Waals surface area contributed by atoms with Crippen LogP contribution in [0, 0.1) is 5.92 Å². The largest absolute Gasteiger partial charge is 0.338 e. The molecule has 140 valence electrons. The summed E-state index contributed by atoms with van der Waals surface area (Å²) >= 11 is 0. The van der Waals surface area contributed by atoms with Crippen LogP contribution in [-0.4, -0.2) is 27.3 Å². The molecule has 0 bridgehead atoms. The number of benzene rings is 1. The average Bonchev–Trinajstić information content (AvgIpc) is 3.22. The van der Waals surface area contributed by atoms with E-state index in [1.807, 2.05) is 42.6 Å². The molecule has 2 N–H and O–H groups in total. The smallest absolute Gasteiger partial charge is 0.315 e. The van der Waals surface area contributed by atoms with Crippen LogP contribution < -0.4 is 10.6 Å². The average molecular weight is 363 g/mol. The van der Waals surface area contributed by atoms with Gasteiger partial charge in [0.2, 0.25) is 0 Å². The van der Waals surface area contributed by atoms with Gasteiger partial charge in [-0.2, -0.15) is 5.10 Å². The lowest BCUT2D eigenvalue weighted by atomic mass is 9.88. The van der Waals surface area contributed by atoms with Crippen molar-refractivity contribution in [3.05, 3.63) is 78.2 Å². The summed E-state index contributed by atoms with van der Waals surface area (Å²) < 4.78 is 1.69. The van der Waals surface area contributed by atoms with Crippen molar-refractivity contribution in [1.29, 1.82) is 0 Å². The van der Waals surface area contributed by atoms with E-state index in [4.69, 9.17) is 0 Å². The highest BCUT2D eigenvalue weighted by molar-refractivity contribution is 5.73. The maximum absolute atomic E-state index is 12.2. The Bertz CT molecular complexity index is 846. The molecular formula is C21H25N5O. The normalized spacial score (nSPS) is 12.0. The second kappa shape index (κ2) is 8.98. The van der Waals surface area contributed by atoms with Gasteiger partial charge in [0.15, 0.2) is 5.82 Å². The first-order valence-electron chi connectivity index (χ1n) is 9.15. The Balaban J connectivity index is 1.53. The number of aromatic nitrogens is 3. The Labute approximate surface area is 159 Å². The lowest BCUT2D eigenvalue weighted by Crippen LogP contribution is -2.38. The Morgan fingerprint density at radius 1 is 1.07 bits per heavy atom. The minimum atomic E-state index is -0.172. The first-order valence-corrected chi connectivity index (χ1v) is 9.15. The van der Waals surface area contributed by atoms with Gasteiger partial charge in [-0.3, -0.25) is 0 Å². The van der Waals surface area contributed by atoms with Gasteiger partial charge in [0.25, 0.3) is 0 Å². The quantitative estimate of drug-likeness (QED) is 0.675. The number of carbonyl (C=O) groups is 1. The Morgan fingerprint density at radius 2 is 1.89 bits per heavy atom. The van der Waals surface area contributed by atoms with Gasteiger partial charge in [-0.25, -0.2) is 14.5 Å². The molecule has 6 nitrogen and oxygen atoms in total. The second-order valence-corrected chi connectivity index (χ2v) is 6.80. The fourth-order valence-electron chi connectivity index (χ4n) is 2.99. The Hall–Kier alpha value is -3.15. The standard InChI is InChI=1S/C21H25N5O/c1-16(2)19(18-7-4-3-5-8-18)15-24-21(27)23-14-17-9-11-22-20(13-17)26-12-6-10-25-26/h3-13,16,19H,14-15H2,1-2H3,(H2,23,24,27). The summed E-state index contributed by atoms with van der Waals surface area (Å²) in [6, 6.07) is 15.8. The summed E-state index contributed by atoms with van der Waals surface area (Å²) in [7, 11) is 0. The molecule has 6 heteroatoms. The monoisotopic (exact) mass is 363 g/mol. The minimum absolute atomic E-state index is 0.172. The number of amides is 2. The van der Waals surface area contributed by atoms with E-state index in [0.717, 1.165) is 11.4 Å². The molecule has 0 aliphatic carbocycles. The van der Waals surface area contributed by atoms with Gasteiger partial charge in [0, 0.05) is 37.6 Å². The molecule has 2 aromatic heterocycles. The van der Waals surface area contributed by atoms with Crippen molar-refractivity contribution in [3.63, 3.8) is 0 Å². The van der Waals surface area contributed by atoms with Crippen LogP contribution in [0.15, 0.2) is 67.1 Å². The fraction of sp³-hybridized carbons (Fsp3) is 0.286. The molecular weight excluding hydrogens is 338 g/mol. The molecule has 0 spiro atoms. The molecule has 3 rings (SSSR count). The molecule has 2 amide bonds. The Morgan fingerprint density at radius 3 is 2.59 bits per heavy atom. The predicted molar refractivity (Wildman–Crippen MR) is 106 cm³/mol. The third kappa shape index (κ3) is 5.17. The van der Waals surface area contributed by atoms with E-state index in [0.29, 0.717) is 19.0 Å². The highest BCUT2D eigenvalue weighted by Gasteiger charge is 2.16. The van der Waals surface area contributed by atoms with Gasteiger partial charge >= 0.3 is 6.03 Å². The van der Waals surface area contributed by atoms with Gasteiger partial charge in [0.05, 0.1) is 0 Å². The van der Waals surface area contributed by atoms with E-state index in [-0.39, 0.29) is 11.9 Å². The zero-order chi connectivity index (χ0) is 19.1. The summed E-state index contributed by atoms with van der Waals surface area (Å²) in [5.41, 5.74) is 2.21. The topological polar surface area (TPSA) is 71.8 Å². The number of urea groups is 1. The van der Waals surface area contributed by atoms with E-state index in [2.05, 4.69) is 46.7 Å². The number of carbonyl (C=O) groups excluding carboxylic acids is 1. The number of nitrogens with one attached hydrogen (secondary N) is 2. The van der Waals surface area contributed by atoms with Crippen LogP contribution in [0.5, 0.6) is 0 Å². The molecule has 0 aliphatic heterocycles. The Kier molecular flexibility index (Phi) is 6.20. The van der Waals surface area contributed by atoms with Gasteiger partial charge in [-0.05, 0) is 35.2 Å². The van der Waals surface area contributed by atoms with Gasteiger partial charge in [0.1, 0.15) is 0 Å². The van der Waals surface area contributed by atoms with Crippen LogP contribution in [0.2, 0.25) is 0 Å². The number of hydrogen-bond acceptors (Lipinski definition) is 3. The molecule has 1 aromatic carbocycles. The van der Waals surface area contributed by atoms with E-state index in [1.54, 1.807) is 17.1 Å². The minimum Gasteiger partial charge on any atom is -0.338 e. The number of pyridine rings is 1. The van der Waals surface area contributed by atoms with Crippen molar-refractivity contribution < 1.29 is 4.79 Å². The summed E-state index contributed by atoms with van der Waals surface area (Å²) in [5.74, 6) is 1.44. The van der Waals surface area contributed by atoms with Crippen molar-refractivity contribution in [2.24, 2.45) is 5.92 Å². The first kappa shape index (κ1) is 18.6. The molecule has 2 heterocycles.